The van der Waals surface area contributed by atoms with Crippen molar-refractivity contribution in [2.24, 2.45) is 0 Å². The van der Waals surface area contributed by atoms with Crippen LogP contribution in [0.3, 0.4) is 0 Å². The van der Waals surface area contributed by atoms with Gasteiger partial charge >= 0.3 is 5.97 Å². The number of H-pyrrole nitrogens is 1. The summed E-state index contributed by atoms with van der Waals surface area (Å²) in [6.45, 7) is 0. The lowest BCUT2D eigenvalue weighted by molar-refractivity contribution is -0.142. The summed E-state index contributed by atoms with van der Waals surface area (Å²) in [6, 6.07) is 5.87. The second-order valence-corrected chi connectivity index (χ2v) is 5.33. The first kappa shape index (κ1) is 14.4. The Morgan fingerprint density at radius 2 is 2.23 bits per heavy atom. The molecule has 1 aromatic carbocycles. The number of aliphatic carboxylic acids is 1. The number of aromatic amines is 1. The third kappa shape index (κ3) is 3.19. The lowest BCUT2D eigenvalue weighted by atomic mass is 9.91. The molecule has 0 aliphatic heterocycles. The van der Waals surface area contributed by atoms with Crippen molar-refractivity contribution in [3.05, 3.63) is 53.6 Å². The molecule has 1 unspecified atom stereocenters. The van der Waals surface area contributed by atoms with Crippen LogP contribution in [0.15, 0.2) is 36.8 Å². The van der Waals surface area contributed by atoms with Crippen LogP contribution in [0.25, 0.3) is 6.08 Å². The first-order valence-corrected chi connectivity index (χ1v) is 7.41. The van der Waals surface area contributed by atoms with Gasteiger partial charge in [0.05, 0.1) is 12.0 Å². The minimum absolute atomic E-state index is 0.671. The van der Waals surface area contributed by atoms with Crippen LogP contribution in [0.4, 0.5) is 0 Å². The average Bonchev–Trinajstić information content (AvgIpc) is 3.04. The van der Waals surface area contributed by atoms with Gasteiger partial charge in [-0.15, -0.1) is 0 Å². The summed E-state index contributed by atoms with van der Waals surface area (Å²) < 4.78 is 5.75. The second-order valence-electron chi connectivity index (χ2n) is 5.33. The molecule has 0 spiro atoms. The van der Waals surface area contributed by atoms with Gasteiger partial charge < -0.3 is 14.8 Å². The van der Waals surface area contributed by atoms with E-state index >= 15 is 0 Å². The Hall–Kier alpha value is -2.56. The molecule has 0 amide bonds. The molecular formula is C17H18N2O3. The molecule has 114 valence electrons. The normalized spacial score (nSPS) is 15.5. The molecule has 0 radical (unpaired) electrons. The molecule has 0 fully saturated rings. The van der Waals surface area contributed by atoms with E-state index in [0.29, 0.717) is 11.4 Å². The van der Waals surface area contributed by atoms with Gasteiger partial charge in [-0.25, -0.2) is 9.78 Å². The van der Waals surface area contributed by atoms with Crippen LogP contribution < -0.4 is 4.74 Å². The van der Waals surface area contributed by atoms with E-state index in [9.17, 15) is 9.90 Å². The van der Waals surface area contributed by atoms with Crippen molar-refractivity contribution >= 4 is 12.0 Å². The van der Waals surface area contributed by atoms with Crippen LogP contribution in [-0.4, -0.2) is 27.1 Å². The standard InChI is InChI=1S/C17H18N2O3/c20-17(21)16(9-8-13-10-18-11-19-13)22-15-7-3-5-12-4-1-2-6-14(12)15/h3,5,7-11,16H,1-2,4,6H2,(H,18,19)(H,20,21). The van der Waals surface area contributed by atoms with Crippen LogP contribution in [0.1, 0.15) is 29.7 Å². The highest BCUT2D eigenvalue weighted by atomic mass is 16.5. The summed E-state index contributed by atoms with van der Waals surface area (Å²) in [5.74, 6) is -0.337. The largest absolute Gasteiger partial charge is 0.478 e. The first-order chi connectivity index (χ1) is 10.7. The monoisotopic (exact) mass is 298 g/mol. The fraction of sp³-hybridized carbons (Fsp3) is 0.294. The molecule has 22 heavy (non-hydrogen) atoms. The number of hydrogen-bond acceptors (Lipinski definition) is 3. The number of hydrogen-bond donors (Lipinski definition) is 2. The topological polar surface area (TPSA) is 75.2 Å². The fourth-order valence-corrected chi connectivity index (χ4v) is 2.71. The predicted molar refractivity (Wildman–Crippen MR) is 82.8 cm³/mol. The predicted octanol–water partition coefficient (Wildman–Crippen LogP) is 2.83. The molecule has 1 aromatic heterocycles. The van der Waals surface area contributed by atoms with Gasteiger partial charge in [-0.1, -0.05) is 12.1 Å². The zero-order chi connectivity index (χ0) is 15.4. The maximum atomic E-state index is 11.4. The lowest BCUT2D eigenvalue weighted by Gasteiger charge is -2.21. The van der Waals surface area contributed by atoms with Gasteiger partial charge in [-0.05, 0) is 55.0 Å². The van der Waals surface area contributed by atoms with Crippen molar-refractivity contribution in [3.63, 3.8) is 0 Å². The number of rotatable bonds is 5. The molecule has 2 N–H and O–H groups in total. The Labute approximate surface area is 128 Å². The van der Waals surface area contributed by atoms with Gasteiger partial charge in [-0.3, -0.25) is 0 Å². The van der Waals surface area contributed by atoms with Gasteiger partial charge in [0.25, 0.3) is 0 Å². The molecule has 1 aliphatic carbocycles. The van der Waals surface area contributed by atoms with E-state index in [1.54, 1.807) is 18.6 Å². The summed E-state index contributed by atoms with van der Waals surface area (Å²) in [5.41, 5.74) is 3.09. The lowest BCUT2D eigenvalue weighted by Crippen LogP contribution is -2.25. The summed E-state index contributed by atoms with van der Waals surface area (Å²) in [7, 11) is 0. The Balaban J connectivity index is 1.81. The molecule has 5 heteroatoms. The highest BCUT2D eigenvalue weighted by Gasteiger charge is 2.20. The van der Waals surface area contributed by atoms with Crippen molar-refractivity contribution in [2.45, 2.75) is 31.8 Å². The quantitative estimate of drug-likeness (QED) is 0.890. The SMILES string of the molecule is O=C(O)C(C=Cc1c[nH]cn1)Oc1cccc2c1CCCC2. The van der Waals surface area contributed by atoms with E-state index in [1.807, 2.05) is 12.1 Å². The van der Waals surface area contributed by atoms with E-state index in [4.69, 9.17) is 4.74 Å². The van der Waals surface area contributed by atoms with Gasteiger partial charge in [0.1, 0.15) is 5.75 Å². The van der Waals surface area contributed by atoms with Crippen molar-refractivity contribution in [1.29, 1.82) is 0 Å². The fourth-order valence-electron chi connectivity index (χ4n) is 2.71. The maximum Gasteiger partial charge on any atom is 0.349 e. The van der Waals surface area contributed by atoms with Gasteiger partial charge in [0.15, 0.2) is 0 Å². The minimum atomic E-state index is -1.02. The molecule has 1 atom stereocenters. The van der Waals surface area contributed by atoms with Crippen LogP contribution in [-0.2, 0) is 17.6 Å². The van der Waals surface area contributed by atoms with Crippen LogP contribution in [0.5, 0.6) is 5.75 Å². The summed E-state index contributed by atoms with van der Waals surface area (Å²) in [6.07, 6.45) is 9.65. The molecule has 0 saturated heterocycles. The minimum Gasteiger partial charge on any atom is -0.478 e. The van der Waals surface area contributed by atoms with E-state index in [0.717, 1.165) is 24.8 Å². The summed E-state index contributed by atoms with van der Waals surface area (Å²) in [4.78, 5) is 18.3. The second kappa shape index (κ2) is 6.47. The van der Waals surface area contributed by atoms with Crippen molar-refractivity contribution in [1.82, 2.24) is 9.97 Å². The van der Waals surface area contributed by atoms with Crippen molar-refractivity contribution in [2.75, 3.05) is 0 Å². The summed E-state index contributed by atoms with van der Waals surface area (Å²) in [5, 5.41) is 9.36. The molecule has 1 heterocycles. The number of imidazole rings is 1. The number of benzene rings is 1. The zero-order valence-corrected chi connectivity index (χ0v) is 12.2. The molecule has 1 aliphatic rings. The van der Waals surface area contributed by atoms with Gasteiger partial charge in [0.2, 0.25) is 6.10 Å². The number of carboxylic acids is 1. The number of carbonyl (C=O) groups is 1. The smallest absolute Gasteiger partial charge is 0.349 e. The number of ether oxygens (including phenoxy) is 1. The zero-order valence-electron chi connectivity index (χ0n) is 12.2. The Bertz CT molecular complexity index is 677. The van der Waals surface area contributed by atoms with Crippen LogP contribution in [0, 0.1) is 0 Å². The third-order valence-electron chi connectivity index (χ3n) is 3.81. The van der Waals surface area contributed by atoms with Crippen molar-refractivity contribution < 1.29 is 14.6 Å². The van der Waals surface area contributed by atoms with E-state index in [2.05, 4.69) is 16.0 Å². The number of nitrogens with one attached hydrogen (secondary N) is 1. The maximum absolute atomic E-state index is 11.4. The Kier molecular flexibility index (Phi) is 4.23. The molecule has 0 saturated carbocycles. The van der Waals surface area contributed by atoms with Gasteiger partial charge in [0, 0.05) is 6.20 Å². The van der Waals surface area contributed by atoms with E-state index in [1.165, 1.54) is 18.1 Å². The van der Waals surface area contributed by atoms with E-state index < -0.39 is 12.1 Å². The molecule has 0 bridgehead atoms. The number of aryl methyl sites for hydroxylation is 1. The third-order valence-corrected chi connectivity index (χ3v) is 3.81. The molecule has 5 nitrogen and oxygen atoms in total. The summed E-state index contributed by atoms with van der Waals surface area (Å²) >= 11 is 0. The molecule has 2 aromatic rings. The average molecular weight is 298 g/mol. The highest BCUT2D eigenvalue weighted by molar-refractivity contribution is 5.76. The number of carboxylic acid groups (broad SMARTS) is 1. The number of aromatic nitrogens is 2. The molecular weight excluding hydrogens is 280 g/mol. The molecule has 3 rings (SSSR count). The van der Waals surface area contributed by atoms with Crippen LogP contribution in [0.2, 0.25) is 0 Å². The highest BCUT2D eigenvalue weighted by Crippen LogP contribution is 2.30. The number of nitrogens with zero attached hydrogens (tertiary/aromatic N) is 1. The van der Waals surface area contributed by atoms with Crippen LogP contribution >= 0.6 is 0 Å². The Morgan fingerprint density at radius 1 is 1.36 bits per heavy atom. The Morgan fingerprint density at radius 3 is 3.00 bits per heavy atom. The first-order valence-electron chi connectivity index (χ1n) is 7.41. The van der Waals surface area contributed by atoms with E-state index in [-0.39, 0.29) is 0 Å². The van der Waals surface area contributed by atoms with Gasteiger partial charge in [-0.2, -0.15) is 0 Å². The number of fused-ring (bicyclic) bond motifs is 1. The van der Waals surface area contributed by atoms with Crippen molar-refractivity contribution in [3.8, 4) is 5.75 Å².